The van der Waals surface area contributed by atoms with Crippen LogP contribution in [0.2, 0.25) is 0 Å². The second-order valence-electron chi connectivity index (χ2n) is 11.0. The molecule has 6 rings (SSSR count). The first kappa shape index (κ1) is 28.9. The van der Waals surface area contributed by atoms with Crippen molar-refractivity contribution in [1.82, 2.24) is 4.48 Å². The van der Waals surface area contributed by atoms with Gasteiger partial charge in [0.1, 0.15) is 5.82 Å². The summed E-state index contributed by atoms with van der Waals surface area (Å²) in [6, 6.07) is 36.8. The van der Waals surface area contributed by atoms with Crippen molar-refractivity contribution in [3.8, 4) is 22.4 Å². The van der Waals surface area contributed by atoms with Gasteiger partial charge in [-0.25, -0.2) is 9.98 Å². The Bertz CT molecular complexity index is 1860. The van der Waals surface area contributed by atoms with Crippen LogP contribution < -0.4 is 9.80 Å². The van der Waals surface area contributed by atoms with E-state index in [1.54, 1.807) is 6.07 Å². The third kappa shape index (κ3) is 5.71. The topological polar surface area (TPSA) is 36.1 Å². The molecule has 0 N–H and O–H groups in total. The first-order chi connectivity index (χ1) is 21.3. The minimum absolute atomic E-state index is 0.155. The van der Waals surface area contributed by atoms with Gasteiger partial charge in [0.15, 0.2) is 5.84 Å². The van der Waals surface area contributed by atoms with E-state index in [4.69, 9.17) is 9.98 Å². The Kier molecular flexibility index (Phi) is 7.98. The normalized spacial score (nSPS) is 13.5. The average molecular weight is 583 g/mol. The van der Waals surface area contributed by atoms with Crippen LogP contribution in [0.15, 0.2) is 131 Å². The highest BCUT2D eigenvalue weighted by molar-refractivity contribution is 6.43. The van der Waals surface area contributed by atoms with E-state index < -0.39 is 7.40 Å². The summed E-state index contributed by atoms with van der Waals surface area (Å²) in [5, 5.41) is 0. The van der Waals surface area contributed by atoms with Crippen LogP contribution in [0.5, 0.6) is 0 Å². The number of nitrogens with zero attached hydrogens (tertiary/aromatic N) is 5. The molecule has 218 valence electrons. The Labute approximate surface area is 257 Å². The molecule has 0 saturated carbocycles. The molecule has 0 amide bonds. The van der Waals surface area contributed by atoms with Gasteiger partial charge in [-0.1, -0.05) is 84.9 Å². The van der Waals surface area contributed by atoms with Gasteiger partial charge in [0.05, 0.1) is 5.71 Å². The van der Waals surface area contributed by atoms with Crippen LogP contribution in [-0.2, 0) is 0 Å². The van der Waals surface area contributed by atoms with Crippen LogP contribution in [0.4, 0.5) is 25.8 Å². The minimum Gasteiger partial charge on any atom is -0.378 e. The molecule has 4 aromatic carbocycles. The van der Waals surface area contributed by atoms with Crippen LogP contribution in [0.1, 0.15) is 11.1 Å². The molecule has 5 nitrogen and oxygen atoms in total. The smallest absolute Gasteiger partial charge is 0.378 e. The van der Waals surface area contributed by atoms with E-state index in [0.717, 1.165) is 43.8 Å². The summed E-state index contributed by atoms with van der Waals surface area (Å²) in [4.78, 5) is 13.9. The van der Waals surface area contributed by atoms with Gasteiger partial charge in [-0.3, -0.25) is 8.63 Å². The van der Waals surface area contributed by atoms with Gasteiger partial charge >= 0.3 is 7.40 Å². The Morgan fingerprint density at radius 3 is 1.68 bits per heavy atom. The molecule has 1 aromatic heterocycles. The van der Waals surface area contributed by atoms with Crippen LogP contribution in [0.3, 0.4) is 0 Å². The number of hydrogen-bond donors (Lipinski definition) is 0. The third-order valence-electron chi connectivity index (χ3n) is 7.69. The molecule has 0 saturated heterocycles. The largest absolute Gasteiger partial charge is 0.679 e. The lowest BCUT2D eigenvalue weighted by Crippen LogP contribution is -2.14. The molecule has 0 atom stereocenters. The van der Waals surface area contributed by atoms with Crippen molar-refractivity contribution in [2.75, 3.05) is 38.0 Å². The standard InChI is InChI=1S/C36H32BF2N5/c1-42(2)29-19-15-27(16-20-29)33-23-31(25-11-7-5-8-12-25)35(40-33)41-36-32(26-13-9-6-10-14-26)24-34(44(36)37(38)39)28-17-21-30(22-18-28)43(3)4/h5-24H,1-4H3/b41-35-. The van der Waals surface area contributed by atoms with Crippen molar-refractivity contribution in [3.63, 3.8) is 0 Å². The molecule has 5 aromatic rings. The molecule has 0 spiro atoms. The molecule has 0 aliphatic carbocycles. The van der Waals surface area contributed by atoms with E-state index >= 15 is 8.63 Å². The summed E-state index contributed by atoms with van der Waals surface area (Å²) in [6.07, 6.45) is 1.98. The van der Waals surface area contributed by atoms with Crippen LogP contribution >= 0.6 is 0 Å². The number of allylic oxidation sites excluding steroid dienone is 1. The highest BCUT2D eigenvalue weighted by atomic mass is 19.2. The highest BCUT2D eigenvalue weighted by Gasteiger charge is 2.30. The second-order valence-corrected chi connectivity index (χ2v) is 11.0. The fourth-order valence-electron chi connectivity index (χ4n) is 5.31. The summed E-state index contributed by atoms with van der Waals surface area (Å²) in [6.45, 7) is 0. The predicted molar refractivity (Wildman–Crippen MR) is 182 cm³/mol. The molecule has 0 radical (unpaired) electrons. The fraction of sp³-hybridized carbons (Fsp3) is 0.111. The maximum atomic E-state index is 15.1. The molecular weight excluding hydrogens is 551 g/mol. The Morgan fingerprint density at radius 2 is 1.16 bits per heavy atom. The zero-order valence-corrected chi connectivity index (χ0v) is 25.1. The summed E-state index contributed by atoms with van der Waals surface area (Å²) < 4.78 is 31.2. The Balaban J connectivity index is 1.56. The molecule has 2 heterocycles. The number of anilines is 2. The number of halogens is 2. The molecule has 44 heavy (non-hydrogen) atoms. The zero-order valence-electron chi connectivity index (χ0n) is 25.1. The van der Waals surface area contributed by atoms with Crippen molar-refractivity contribution >= 4 is 41.7 Å². The first-order valence-corrected chi connectivity index (χ1v) is 14.4. The van der Waals surface area contributed by atoms with E-state index in [1.807, 2.05) is 153 Å². The molecule has 1 aliphatic rings. The van der Waals surface area contributed by atoms with E-state index in [-0.39, 0.29) is 5.82 Å². The molecular formula is C36H32BF2N5. The lowest BCUT2D eigenvalue weighted by atomic mass is 10.0. The van der Waals surface area contributed by atoms with Gasteiger partial charge in [-0.05, 0) is 53.1 Å². The van der Waals surface area contributed by atoms with Gasteiger partial charge in [-0.2, -0.15) is 0 Å². The monoisotopic (exact) mass is 583 g/mol. The number of aliphatic imine (C=N–C) groups is 2. The number of hydrogen-bond acceptors (Lipinski definition) is 3. The van der Waals surface area contributed by atoms with Crippen molar-refractivity contribution < 1.29 is 8.63 Å². The maximum absolute atomic E-state index is 15.1. The SMILES string of the molecule is CN(C)c1ccc(C2=N/C(=N\c3c(-c4ccccc4)cc(-c4ccc(N(C)C)cc4)n3B(F)F)C(c3ccccc3)=C2)cc1. The summed E-state index contributed by atoms with van der Waals surface area (Å²) in [5.41, 5.74) is 7.85. The van der Waals surface area contributed by atoms with Crippen LogP contribution in [0.25, 0.3) is 28.0 Å². The number of amidine groups is 1. The highest BCUT2D eigenvalue weighted by Crippen LogP contribution is 2.40. The Hall–Kier alpha value is -5.24. The zero-order chi connectivity index (χ0) is 30.8. The van der Waals surface area contributed by atoms with Gasteiger partial charge in [-0.15, -0.1) is 0 Å². The van der Waals surface area contributed by atoms with Crippen molar-refractivity contribution in [2.45, 2.75) is 0 Å². The lowest BCUT2D eigenvalue weighted by Gasteiger charge is -2.14. The van der Waals surface area contributed by atoms with Gasteiger partial charge in [0.2, 0.25) is 0 Å². The maximum Gasteiger partial charge on any atom is 0.679 e. The molecule has 0 fully saturated rings. The van der Waals surface area contributed by atoms with Crippen molar-refractivity contribution in [3.05, 3.63) is 132 Å². The average Bonchev–Trinajstić information content (AvgIpc) is 3.64. The number of benzene rings is 4. The third-order valence-corrected chi connectivity index (χ3v) is 7.69. The number of aromatic nitrogens is 1. The molecule has 0 unspecified atom stereocenters. The Morgan fingerprint density at radius 1 is 0.636 bits per heavy atom. The quantitative estimate of drug-likeness (QED) is 0.172. The minimum atomic E-state index is -2.83. The summed E-state index contributed by atoms with van der Waals surface area (Å²) in [5.74, 6) is 0.539. The fourth-order valence-corrected chi connectivity index (χ4v) is 5.31. The van der Waals surface area contributed by atoms with Gasteiger partial charge in [0, 0.05) is 62.0 Å². The predicted octanol–water partition coefficient (Wildman–Crippen LogP) is 8.34. The molecule has 1 aliphatic heterocycles. The molecule has 8 heteroatoms. The first-order valence-electron chi connectivity index (χ1n) is 14.4. The lowest BCUT2D eigenvalue weighted by molar-refractivity contribution is 0.632. The van der Waals surface area contributed by atoms with Gasteiger partial charge in [0.25, 0.3) is 0 Å². The van der Waals surface area contributed by atoms with E-state index in [1.165, 1.54) is 0 Å². The summed E-state index contributed by atoms with van der Waals surface area (Å²) in [7, 11) is 5.05. The molecule has 0 bridgehead atoms. The van der Waals surface area contributed by atoms with Crippen molar-refractivity contribution in [2.24, 2.45) is 9.98 Å². The summed E-state index contributed by atoms with van der Waals surface area (Å²) >= 11 is 0. The van der Waals surface area contributed by atoms with Crippen LogP contribution in [-0.4, -0.2) is 51.6 Å². The van der Waals surface area contributed by atoms with E-state index in [9.17, 15) is 0 Å². The van der Waals surface area contributed by atoms with Crippen molar-refractivity contribution in [1.29, 1.82) is 0 Å². The second kappa shape index (κ2) is 12.2. The van der Waals surface area contributed by atoms with E-state index in [0.29, 0.717) is 22.7 Å². The van der Waals surface area contributed by atoms with Gasteiger partial charge < -0.3 is 14.3 Å². The van der Waals surface area contributed by atoms with Crippen LogP contribution in [0, 0.1) is 0 Å². The number of rotatable bonds is 8. The van der Waals surface area contributed by atoms with E-state index in [2.05, 4.69) is 0 Å².